The van der Waals surface area contributed by atoms with E-state index in [1.165, 1.54) is 0 Å². The average molecular weight is 308 g/mol. The normalized spacial score (nSPS) is 10.6. The smallest absolute Gasteiger partial charge is 0.156 e. The first kappa shape index (κ1) is 15.2. The fraction of sp³-hybridized carbons (Fsp3) is 0.231. The van der Waals surface area contributed by atoms with Crippen molar-refractivity contribution in [3.05, 3.63) is 52.2 Å². The SMILES string of the molecule is C=CC=COCCCOc1c(Cl)cc(Cl)cc1Cl. The minimum absolute atomic E-state index is 0.403. The average Bonchev–Trinajstić information content (AvgIpc) is 2.30. The van der Waals surface area contributed by atoms with Crippen molar-refractivity contribution in [3.63, 3.8) is 0 Å². The van der Waals surface area contributed by atoms with Crippen LogP contribution in [0.3, 0.4) is 0 Å². The van der Waals surface area contributed by atoms with E-state index < -0.39 is 0 Å². The Labute approximate surface area is 122 Å². The first-order valence-electron chi connectivity index (χ1n) is 5.31. The van der Waals surface area contributed by atoms with Crippen LogP contribution < -0.4 is 4.74 Å². The minimum atomic E-state index is 0.403. The monoisotopic (exact) mass is 306 g/mol. The molecule has 0 saturated carbocycles. The molecule has 0 aliphatic rings. The van der Waals surface area contributed by atoms with Crippen molar-refractivity contribution >= 4 is 34.8 Å². The second-order valence-electron chi connectivity index (χ2n) is 3.34. The molecule has 0 aliphatic carbocycles. The highest BCUT2D eigenvalue weighted by molar-refractivity contribution is 6.40. The molecule has 0 N–H and O–H groups in total. The molecular formula is C13H13Cl3O2. The van der Waals surface area contributed by atoms with Gasteiger partial charge in [-0.15, -0.1) is 0 Å². The second-order valence-corrected chi connectivity index (χ2v) is 4.59. The van der Waals surface area contributed by atoms with Crippen molar-refractivity contribution in [1.29, 1.82) is 0 Å². The summed E-state index contributed by atoms with van der Waals surface area (Å²) in [6.45, 7) is 4.54. The van der Waals surface area contributed by atoms with Crippen molar-refractivity contribution < 1.29 is 9.47 Å². The summed E-state index contributed by atoms with van der Waals surface area (Å²) >= 11 is 17.7. The third kappa shape index (κ3) is 5.21. The fourth-order valence-corrected chi connectivity index (χ4v) is 2.09. The molecule has 5 heteroatoms. The Balaban J connectivity index is 2.35. The molecule has 1 aromatic rings. The van der Waals surface area contributed by atoms with Crippen LogP contribution in [-0.4, -0.2) is 13.2 Å². The van der Waals surface area contributed by atoms with Crippen LogP contribution >= 0.6 is 34.8 Å². The van der Waals surface area contributed by atoms with E-state index in [0.717, 1.165) is 6.42 Å². The molecule has 0 fully saturated rings. The highest BCUT2D eigenvalue weighted by Crippen LogP contribution is 2.35. The summed E-state index contributed by atoms with van der Waals surface area (Å²) in [6, 6.07) is 3.18. The lowest BCUT2D eigenvalue weighted by Crippen LogP contribution is -2.02. The molecule has 0 saturated heterocycles. The maximum Gasteiger partial charge on any atom is 0.156 e. The third-order valence-corrected chi connectivity index (χ3v) is 2.71. The topological polar surface area (TPSA) is 18.5 Å². The Morgan fingerprint density at radius 2 is 1.78 bits per heavy atom. The maximum absolute atomic E-state index is 5.97. The number of benzene rings is 1. The molecule has 0 bridgehead atoms. The van der Waals surface area contributed by atoms with E-state index in [1.807, 2.05) is 0 Å². The zero-order chi connectivity index (χ0) is 13.4. The summed E-state index contributed by atoms with van der Waals surface area (Å²) in [5, 5.41) is 1.29. The molecule has 0 amide bonds. The van der Waals surface area contributed by atoms with Gasteiger partial charge >= 0.3 is 0 Å². The van der Waals surface area contributed by atoms with Crippen molar-refractivity contribution in [3.8, 4) is 5.75 Å². The van der Waals surface area contributed by atoms with E-state index in [0.29, 0.717) is 34.0 Å². The van der Waals surface area contributed by atoms with E-state index in [1.54, 1.807) is 30.5 Å². The molecule has 0 atom stereocenters. The van der Waals surface area contributed by atoms with Crippen LogP contribution in [0.4, 0.5) is 0 Å². The van der Waals surface area contributed by atoms with Gasteiger partial charge in [-0.3, -0.25) is 0 Å². The lowest BCUT2D eigenvalue weighted by Gasteiger charge is -2.10. The van der Waals surface area contributed by atoms with Gasteiger partial charge in [0, 0.05) is 11.4 Å². The third-order valence-electron chi connectivity index (χ3n) is 1.93. The molecule has 2 nitrogen and oxygen atoms in total. The summed E-state index contributed by atoms with van der Waals surface area (Å²) in [4.78, 5) is 0. The predicted octanol–water partition coefficient (Wildman–Crippen LogP) is 5.13. The standard InChI is InChI=1S/C13H13Cl3O2/c1-2-3-5-17-6-4-7-18-13-11(15)8-10(14)9-12(13)16/h2-3,5,8-9H,1,4,6-7H2. The van der Waals surface area contributed by atoms with Gasteiger partial charge < -0.3 is 9.47 Å². The van der Waals surface area contributed by atoms with Crippen molar-refractivity contribution in [2.45, 2.75) is 6.42 Å². The van der Waals surface area contributed by atoms with Gasteiger partial charge in [-0.2, -0.15) is 0 Å². The number of ether oxygens (including phenoxy) is 2. The summed E-state index contributed by atoms with van der Waals surface area (Å²) < 4.78 is 10.7. The molecule has 1 rings (SSSR count). The van der Waals surface area contributed by atoms with Gasteiger partial charge in [0.1, 0.15) is 0 Å². The number of allylic oxidation sites excluding steroid dienone is 2. The quantitative estimate of drug-likeness (QED) is 0.395. The summed E-state index contributed by atoms with van der Waals surface area (Å²) in [5.74, 6) is 0.448. The Bertz CT molecular complexity index is 407. The molecule has 1 aromatic carbocycles. The van der Waals surface area contributed by atoms with E-state index in [2.05, 4.69) is 6.58 Å². The van der Waals surface area contributed by atoms with Gasteiger partial charge in [0.05, 0.1) is 29.5 Å². The summed E-state index contributed by atoms with van der Waals surface area (Å²) in [6.07, 6.45) is 5.66. The zero-order valence-corrected chi connectivity index (χ0v) is 11.9. The van der Waals surface area contributed by atoms with E-state index in [4.69, 9.17) is 44.3 Å². The molecule has 0 heterocycles. The van der Waals surface area contributed by atoms with Gasteiger partial charge in [-0.05, 0) is 18.2 Å². The minimum Gasteiger partial charge on any atom is -0.501 e. The lowest BCUT2D eigenvalue weighted by molar-refractivity contribution is 0.209. The first-order chi connectivity index (χ1) is 8.65. The Morgan fingerprint density at radius 1 is 1.11 bits per heavy atom. The van der Waals surface area contributed by atoms with Crippen molar-refractivity contribution in [2.75, 3.05) is 13.2 Å². The lowest BCUT2D eigenvalue weighted by atomic mass is 10.3. The summed E-state index contributed by atoms with van der Waals surface area (Å²) in [7, 11) is 0. The van der Waals surface area contributed by atoms with Crippen LogP contribution in [0.5, 0.6) is 5.75 Å². The van der Waals surface area contributed by atoms with Crippen molar-refractivity contribution in [2.24, 2.45) is 0 Å². The van der Waals surface area contributed by atoms with Crippen LogP contribution in [0.15, 0.2) is 37.1 Å². The van der Waals surface area contributed by atoms with Crippen LogP contribution in [0.1, 0.15) is 6.42 Å². The van der Waals surface area contributed by atoms with Crippen molar-refractivity contribution in [1.82, 2.24) is 0 Å². The summed E-state index contributed by atoms with van der Waals surface area (Å²) in [5.41, 5.74) is 0. The Morgan fingerprint density at radius 3 is 2.39 bits per heavy atom. The van der Waals surface area contributed by atoms with Gasteiger partial charge in [-0.25, -0.2) is 0 Å². The second kappa shape index (κ2) is 8.30. The van der Waals surface area contributed by atoms with E-state index >= 15 is 0 Å². The van der Waals surface area contributed by atoms with Gasteiger partial charge in [0.2, 0.25) is 0 Å². The highest BCUT2D eigenvalue weighted by Gasteiger charge is 2.08. The zero-order valence-electron chi connectivity index (χ0n) is 9.67. The number of hydrogen-bond donors (Lipinski definition) is 0. The fourth-order valence-electron chi connectivity index (χ4n) is 1.16. The molecule has 98 valence electrons. The van der Waals surface area contributed by atoms with Gasteiger partial charge in [0.25, 0.3) is 0 Å². The maximum atomic E-state index is 5.97. The van der Waals surface area contributed by atoms with Gasteiger partial charge in [0.15, 0.2) is 5.75 Å². The molecule has 0 aliphatic heterocycles. The number of halogens is 3. The Kier molecular flexibility index (Phi) is 7.02. The molecule has 0 radical (unpaired) electrons. The largest absolute Gasteiger partial charge is 0.501 e. The number of rotatable bonds is 7. The van der Waals surface area contributed by atoms with Crippen LogP contribution in [0.25, 0.3) is 0 Å². The molecular weight excluding hydrogens is 294 g/mol. The van der Waals surface area contributed by atoms with Crippen LogP contribution in [0, 0.1) is 0 Å². The molecule has 0 aromatic heterocycles. The Hall–Kier alpha value is -0.830. The van der Waals surface area contributed by atoms with E-state index in [9.17, 15) is 0 Å². The first-order valence-corrected chi connectivity index (χ1v) is 6.45. The van der Waals surface area contributed by atoms with Gasteiger partial charge in [-0.1, -0.05) is 47.5 Å². The molecule has 18 heavy (non-hydrogen) atoms. The highest BCUT2D eigenvalue weighted by atomic mass is 35.5. The molecule has 0 spiro atoms. The predicted molar refractivity (Wildman–Crippen MR) is 76.9 cm³/mol. The van der Waals surface area contributed by atoms with Crippen LogP contribution in [0.2, 0.25) is 15.1 Å². The molecule has 0 unspecified atom stereocenters. The van der Waals surface area contributed by atoms with E-state index in [-0.39, 0.29) is 0 Å². The number of hydrogen-bond acceptors (Lipinski definition) is 2. The van der Waals surface area contributed by atoms with Crippen LogP contribution in [-0.2, 0) is 4.74 Å².